The van der Waals surface area contributed by atoms with Gasteiger partial charge in [-0.1, -0.05) is 11.6 Å². The predicted octanol–water partition coefficient (Wildman–Crippen LogP) is 2.63. The summed E-state index contributed by atoms with van der Waals surface area (Å²) in [5.41, 5.74) is 1.89. The SMILES string of the molecule is Cc1cc(Sc2ncnc(Cl)c2C)n(C)n1. The monoisotopic (exact) mass is 254 g/mol. The zero-order chi connectivity index (χ0) is 11.7. The van der Waals surface area contributed by atoms with Gasteiger partial charge in [0, 0.05) is 12.6 Å². The number of hydrogen-bond donors (Lipinski definition) is 0. The first kappa shape index (κ1) is 11.4. The van der Waals surface area contributed by atoms with E-state index in [1.807, 2.05) is 31.6 Å². The molecule has 0 bridgehead atoms. The summed E-state index contributed by atoms with van der Waals surface area (Å²) < 4.78 is 1.83. The minimum absolute atomic E-state index is 0.497. The van der Waals surface area contributed by atoms with Crippen molar-refractivity contribution in [2.24, 2.45) is 7.05 Å². The molecule has 0 N–H and O–H groups in total. The van der Waals surface area contributed by atoms with Crippen LogP contribution in [0.4, 0.5) is 0 Å². The lowest BCUT2D eigenvalue weighted by atomic mass is 10.4. The van der Waals surface area contributed by atoms with Crippen LogP contribution in [0.5, 0.6) is 0 Å². The first-order valence-corrected chi connectivity index (χ1v) is 5.93. The lowest BCUT2D eigenvalue weighted by Crippen LogP contribution is -1.94. The van der Waals surface area contributed by atoms with Gasteiger partial charge in [-0.15, -0.1) is 0 Å². The second-order valence-electron chi connectivity index (χ2n) is 3.44. The van der Waals surface area contributed by atoms with Crippen molar-refractivity contribution < 1.29 is 0 Å². The van der Waals surface area contributed by atoms with E-state index in [0.29, 0.717) is 5.15 Å². The Hall–Kier alpha value is -1.07. The molecule has 0 saturated heterocycles. The summed E-state index contributed by atoms with van der Waals surface area (Å²) >= 11 is 7.48. The summed E-state index contributed by atoms with van der Waals surface area (Å²) in [6, 6.07) is 2.01. The fourth-order valence-electron chi connectivity index (χ4n) is 1.30. The summed E-state index contributed by atoms with van der Waals surface area (Å²) in [4.78, 5) is 8.14. The second-order valence-corrected chi connectivity index (χ2v) is 4.81. The molecule has 0 aliphatic heterocycles. The first-order valence-electron chi connectivity index (χ1n) is 4.73. The van der Waals surface area contributed by atoms with Gasteiger partial charge in [-0.25, -0.2) is 9.97 Å². The van der Waals surface area contributed by atoms with Crippen molar-refractivity contribution in [2.75, 3.05) is 0 Å². The fourth-order valence-corrected chi connectivity index (χ4v) is 2.44. The number of halogens is 1. The standard InChI is InChI=1S/C10H11ClN4S/c1-6-4-8(15(3)14-6)16-10-7(2)9(11)12-5-13-10/h4-5H,1-3H3. The highest BCUT2D eigenvalue weighted by Crippen LogP contribution is 2.30. The minimum Gasteiger partial charge on any atom is -0.261 e. The average Bonchev–Trinajstić information content (AvgIpc) is 2.53. The molecule has 0 fully saturated rings. The molecule has 4 nitrogen and oxygen atoms in total. The van der Waals surface area contributed by atoms with Crippen LogP contribution in [0.25, 0.3) is 0 Å². The molecule has 0 amide bonds. The molecule has 0 unspecified atom stereocenters. The topological polar surface area (TPSA) is 43.6 Å². The summed E-state index contributed by atoms with van der Waals surface area (Å²) in [5.74, 6) is 0. The molecule has 6 heteroatoms. The van der Waals surface area contributed by atoms with Crippen molar-refractivity contribution in [2.45, 2.75) is 23.9 Å². The molecule has 16 heavy (non-hydrogen) atoms. The van der Waals surface area contributed by atoms with E-state index in [1.165, 1.54) is 6.33 Å². The highest BCUT2D eigenvalue weighted by molar-refractivity contribution is 7.99. The molecule has 0 saturated carbocycles. The molecule has 2 rings (SSSR count). The number of hydrogen-bond acceptors (Lipinski definition) is 4. The van der Waals surface area contributed by atoms with E-state index < -0.39 is 0 Å². The number of aromatic nitrogens is 4. The van der Waals surface area contributed by atoms with Gasteiger partial charge < -0.3 is 0 Å². The zero-order valence-corrected chi connectivity index (χ0v) is 10.8. The lowest BCUT2D eigenvalue weighted by molar-refractivity contribution is 0.691. The Morgan fingerprint density at radius 3 is 2.69 bits per heavy atom. The Morgan fingerprint density at radius 2 is 2.06 bits per heavy atom. The van der Waals surface area contributed by atoms with E-state index in [2.05, 4.69) is 15.1 Å². The summed E-state index contributed by atoms with van der Waals surface area (Å²) in [6.45, 7) is 3.87. The lowest BCUT2D eigenvalue weighted by Gasteiger charge is -2.04. The second kappa shape index (κ2) is 4.43. The van der Waals surface area contributed by atoms with Crippen molar-refractivity contribution in [3.8, 4) is 0 Å². The van der Waals surface area contributed by atoms with Crippen molar-refractivity contribution in [1.82, 2.24) is 19.7 Å². The Balaban J connectivity index is 2.34. The zero-order valence-electron chi connectivity index (χ0n) is 9.23. The van der Waals surface area contributed by atoms with Crippen molar-refractivity contribution in [1.29, 1.82) is 0 Å². The smallest absolute Gasteiger partial charge is 0.136 e. The van der Waals surface area contributed by atoms with Gasteiger partial charge in [0.05, 0.1) is 5.69 Å². The van der Waals surface area contributed by atoms with E-state index >= 15 is 0 Å². The third-order valence-corrected chi connectivity index (χ3v) is 3.71. The quantitative estimate of drug-likeness (QED) is 0.773. The maximum atomic E-state index is 5.94. The van der Waals surface area contributed by atoms with E-state index in [-0.39, 0.29) is 0 Å². The van der Waals surface area contributed by atoms with Crippen LogP contribution in [-0.4, -0.2) is 19.7 Å². The van der Waals surface area contributed by atoms with Gasteiger partial charge in [-0.3, -0.25) is 4.68 Å². The number of rotatable bonds is 2. The van der Waals surface area contributed by atoms with Crippen molar-refractivity contribution in [3.63, 3.8) is 0 Å². The first-order chi connectivity index (χ1) is 7.58. The van der Waals surface area contributed by atoms with Gasteiger partial charge in [0.1, 0.15) is 21.5 Å². The Morgan fingerprint density at radius 1 is 1.31 bits per heavy atom. The third kappa shape index (κ3) is 2.20. The normalized spacial score (nSPS) is 10.8. The van der Waals surface area contributed by atoms with Crippen LogP contribution >= 0.6 is 23.4 Å². The largest absolute Gasteiger partial charge is 0.261 e. The van der Waals surface area contributed by atoms with Gasteiger partial charge in [-0.05, 0) is 31.7 Å². The fraction of sp³-hybridized carbons (Fsp3) is 0.300. The van der Waals surface area contributed by atoms with Crippen LogP contribution in [0.15, 0.2) is 22.4 Å². The molecular formula is C10H11ClN4S. The van der Waals surface area contributed by atoms with Crippen molar-refractivity contribution >= 4 is 23.4 Å². The molecule has 2 aromatic rings. The Labute approximate surface area is 103 Å². The molecule has 0 spiro atoms. The van der Waals surface area contributed by atoms with Crippen LogP contribution < -0.4 is 0 Å². The summed E-state index contributed by atoms with van der Waals surface area (Å²) in [6.07, 6.45) is 1.47. The number of nitrogens with zero attached hydrogens (tertiary/aromatic N) is 4. The van der Waals surface area contributed by atoms with E-state index in [9.17, 15) is 0 Å². The summed E-state index contributed by atoms with van der Waals surface area (Å²) in [5, 5.41) is 6.68. The van der Waals surface area contributed by atoms with Gasteiger partial charge >= 0.3 is 0 Å². The maximum absolute atomic E-state index is 5.94. The van der Waals surface area contributed by atoms with Crippen LogP contribution in [0.3, 0.4) is 0 Å². The van der Waals surface area contributed by atoms with Crippen molar-refractivity contribution in [3.05, 3.63) is 28.8 Å². The minimum atomic E-state index is 0.497. The molecule has 0 atom stereocenters. The average molecular weight is 255 g/mol. The molecule has 0 radical (unpaired) electrons. The molecule has 2 heterocycles. The van der Waals surface area contributed by atoms with Crippen LogP contribution in [0.1, 0.15) is 11.3 Å². The Bertz CT molecular complexity index is 524. The van der Waals surface area contributed by atoms with Gasteiger partial charge in [0.2, 0.25) is 0 Å². The molecule has 0 aliphatic carbocycles. The van der Waals surface area contributed by atoms with Crippen LogP contribution in [0, 0.1) is 13.8 Å². The van der Waals surface area contributed by atoms with E-state index in [1.54, 1.807) is 11.8 Å². The van der Waals surface area contributed by atoms with Crippen LogP contribution in [-0.2, 0) is 7.05 Å². The van der Waals surface area contributed by atoms with E-state index in [4.69, 9.17) is 11.6 Å². The van der Waals surface area contributed by atoms with Gasteiger partial charge in [-0.2, -0.15) is 5.10 Å². The molecule has 2 aromatic heterocycles. The molecule has 0 aliphatic rings. The maximum Gasteiger partial charge on any atom is 0.136 e. The molecule has 84 valence electrons. The van der Waals surface area contributed by atoms with Gasteiger partial charge in [0.25, 0.3) is 0 Å². The Kier molecular flexibility index (Phi) is 3.16. The molecule has 0 aromatic carbocycles. The molecular weight excluding hydrogens is 244 g/mol. The van der Waals surface area contributed by atoms with Crippen LogP contribution in [0.2, 0.25) is 5.15 Å². The number of aryl methyl sites for hydroxylation is 2. The van der Waals surface area contributed by atoms with Gasteiger partial charge in [0.15, 0.2) is 0 Å². The highest BCUT2D eigenvalue weighted by atomic mass is 35.5. The highest BCUT2D eigenvalue weighted by Gasteiger charge is 2.10. The predicted molar refractivity (Wildman–Crippen MR) is 63.8 cm³/mol. The summed E-state index contributed by atoms with van der Waals surface area (Å²) in [7, 11) is 1.91. The van der Waals surface area contributed by atoms with E-state index in [0.717, 1.165) is 21.3 Å². The third-order valence-electron chi connectivity index (χ3n) is 2.14.